The number of hydrogen-bond donors (Lipinski definition) is 1. The minimum absolute atomic E-state index is 0.0320. The summed E-state index contributed by atoms with van der Waals surface area (Å²) >= 11 is 0. The van der Waals surface area contributed by atoms with Gasteiger partial charge in [-0.2, -0.15) is 8.42 Å². The maximum Gasteiger partial charge on any atom is 0.271 e. The molecular weight excluding hydrogens is 298 g/mol. The zero-order valence-electron chi connectivity index (χ0n) is 11.3. The minimum Gasteiger partial charge on any atom is -0.444 e. The molecule has 8 nitrogen and oxygen atoms in total. The van der Waals surface area contributed by atoms with Crippen molar-refractivity contribution in [1.29, 1.82) is 0 Å². The molecule has 9 heteroatoms. The van der Waals surface area contributed by atoms with E-state index in [2.05, 4.69) is 10.1 Å². The van der Waals surface area contributed by atoms with E-state index in [1.54, 1.807) is 13.0 Å². The monoisotopic (exact) mass is 312 g/mol. The van der Waals surface area contributed by atoms with E-state index in [0.717, 1.165) is 0 Å². The predicted molar refractivity (Wildman–Crippen MR) is 71.0 cm³/mol. The van der Waals surface area contributed by atoms with Crippen molar-refractivity contribution in [3.05, 3.63) is 30.4 Å². The molecule has 2 rings (SSSR count). The average Bonchev–Trinajstić information content (AvgIpc) is 2.94. The van der Waals surface area contributed by atoms with Crippen molar-refractivity contribution in [2.45, 2.75) is 19.9 Å². The normalized spacial score (nSPS) is 11.5. The number of Topliss-reactive ketones (excluding diaryl/α,β-unsaturated/α-hetero) is 1. The van der Waals surface area contributed by atoms with E-state index in [9.17, 15) is 13.2 Å². The standard InChI is InChI=1S/C12H13N3O5S/c1-2-11(16)10-8-20-12(14-10)9-3-4-15(13-7-9)5-6-21(17,18)19/h3-4,7-8H,2,5-6H2,1H3/p+1. The van der Waals surface area contributed by atoms with Gasteiger partial charge in [-0.3, -0.25) is 9.35 Å². The molecule has 0 saturated carbocycles. The van der Waals surface area contributed by atoms with E-state index in [1.807, 2.05) is 0 Å². The van der Waals surface area contributed by atoms with Crippen LogP contribution < -0.4 is 4.68 Å². The first kappa shape index (κ1) is 15.3. The van der Waals surface area contributed by atoms with E-state index < -0.39 is 15.9 Å². The third kappa shape index (κ3) is 4.17. The van der Waals surface area contributed by atoms with Crippen LogP contribution in [0, 0.1) is 0 Å². The molecule has 0 amide bonds. The molecule has 1 N–H and O–H groups in total. The molecule has 112 valence electrons. The lowest BCUT2D eigenvalue weighted by molar-refractivity contribution is -0.750. The van der Waals surface area contributed by atoms with Crippen molar-refractivity contribution >= 4 is 15.9 Å². The van der Waals surface area contributed by atoms with Crippen LogP contribution in [0.5, 0.6) is 0 Å². The molecule has 2 aromatic rings. The van der Waals surface area contributed by atoms with Gasteiger partial charge in [-0.05, 0) is 5.10 Å². The molecule has 2 aromatic heterocycles. The topological polar surface area (TPSA) is 114 Å². The van der Waals surface area contributed by atoms with Crippen molar-refractivity contribution < 1.29 is 26.9 Å². The Morgan fingerprint density at radius 3 is 2.81 bits per heavy atom. The Hall–Kier alpha value is -2.13. The highest BCUT2D eigenvalue weighted by Crippen LogP contribution is 2.16. The van der Waals surface area contributed by atoms with Crippen molar-refractivity contribution in [3.8, 4) is 11.5 Å². The molecule has 0 aliphatic rings. The predicted octanol–water partition coefficient (Wildman–Crippen LogP) is 0.505. The fourth-order valence-corrected chi connectivity index (χ4v) is 1.99. The maximum atomic E-state index is 11.5. The maximum absolute atomic E-state index is 11.5. The Morgan fingerprint density at radius 1 is 1.48 bits per heavy atom. The van der Waals surface area contributed by atoms with Gasteiger partial charge in [0.25, 0.3) is 10.1 Å². The highest BCUT2D eigenvalue weighted by Gasteiger charge is 2.15. The summed E-state index contributed by atoms with van der Waals surface area (Å²) in [6.07, 6.45) is 4.61. The third-order valence-electron chi connectivity index (χ3n) is 2.71. The van der Waals surface area contributed by atoms with Crippen LogP contribution in [0.2, 0.25) is 0 Å². The molecule has 2 heterocycles. The van der Waals surface area contributed by atoms with Crippen LogP contribution in [0.4, 0.5) is 0 Å². The first-order chi connectivity index (χ1) is 9.89. The number of ketones is 1. The van der Waals surface area contributed by atoms with Gasteiger partial charge in [-0.15, -0.1) is 0 Å². The number of carbonyl (C=O) groups excluding carboxylic acids is 1. The molecule has 0 unspecified atom stereocenters. The van der Waals surface area contributed by atoms with E-state index in [1.165, 1.54) is 23.3 Å². The van der Waals surface area contributed by atoms with Crippen molar-refractivity contribution in [2.24, 2.45) is 0 Å². The second-order valence-corrected chi connectivity index (χ2v) is 5.85. The number of hydrogen-bond acceptors (Lipinski definition) is 6. The summed E-state index contributed by atoms with van der Waals surface area (Å²) in [5.74, 6) is -0.267. The number of carbonyl (C=O) groups is 1. The fraction of sp³-hybridized carbons (Fsp3) is 0.333. The molecule has 0 fully saturated rings. The second kappa shape index (κ2) is 6.10. The van der Waals surface area contributed by atoms with Crippen LogP contribution in [0.25, 0.3) is 11.5 Å². The Kier molecular flexibility index (Phi) is 4.43. The Bertz CT molecular complexity index is 737. The summed E-state index contributed by atoms with van der Waals surface area (Å²) < 4.78 is 36.5. The quantitative estimate of drug-likeness (QED) is 0.469. The number of oxazole rings is 1. The van der Waals surface area contributed by atoms with Gasteiger partial charge >= 0.3 is 0 Å². The van der Waals surface area contributed by atoms with Crippen LogP contribution in [-0.4, -0.2) is 34.6 Å². The van der Waals surface area contributed by atoms with Gasteiger partial charge in [0.2, 0.25) is 5.89 Å². The van der Waals surface area contributed by atoms with Crippen LogP contribution in [0.1, 0.15) is 23.8 Å². The number of aryl methyl sites for hydroxylation is 1. The van der Waals surface area contributed by atoms with Crippen LogP contribution >= 0.6 is 0 Å². The SMILES string of the molecule is CCC(=O)c1coc(-c2cc[n+](CCS(=O)(=O)O)nc2)n1. The molecule has 0 bridgehead atoms. The van der Waals surface area contributed by atoms with E-state index >= 15 is 0 Å². The minimum atomic E-state index is -4.02. The summed E-state index contributed by atoms with van der Waals surface area (Å²) in [5.41, 5.74) is 0.823. The lowest BCUT2D eigenvalue weighted by atomic mass is 10.2. The lowest BCUT2D eigenvalue weighted by Gasteiger charge is -1.95. The molecule has 0 spiro atoms. The van der Waals surface area contributed by atoms with Gasteiger partial charge in [0.05, 0.1) is 5.56 Å². The second-order valence-electron chi connectivity index (χ2n) is 4.28. The molecule has 0 saturated heterocycles. The first-order valence-corrected chi connectivity index (χ1v) is 7.80. The van der Waals surface area contributed by atoms with E-state index in [4.69, 9.17) is 8.97 Å². The molecule has 0 aliphatic heterocycles. The Labute approximate surface area is 121 Å². The van der Waals surface area contributed by atoms with Crippen molar-refractivity contribution in [1.82, 2.24) is 10.1 Å². The smallest absolute Gasteiger partial charge is 0.271 e. The first-order valence-electron chi connectivity index (χ1n) is 6.19. The number of nitrogens with zero attached hydrogens (tertiary/aromatic N) is 3. The van der Waals surface area contributed by atoms with Crippen molar-refractivity contribution in [3.63, 3.8) is 0 Å². The summed E-state index contributed by atoms with van der Waals surface area (Å²) in [6, 6.07) is 1.63. The lowest BCUT2D eigenvalue weighted by Crippen LogP contribution is -2.40. The molecule has 21 heavy (non-hydrogen) atoms. The molecule has 0 atom stereocenters. The van der Waals surface area contributed by atoms with Gasteiger partial charge in [0.1, 0.15) is 23.9 Å². The van der Waals surface area contributed by atoms with E-state index in [0.29, 0.717) is 12.0 Å². The van der Waals surface area contributed by atoms with Crippen LogP contribution in [0.3, 0.4) is 0 Å². The highest BCUT2D eigenvalue weighted by atomic mass is 32.2. The Morgan fingerprint density at radius 2 is 2.24 bits per heavy atom. The van der Waals surface area contributed by atoms with Crippen molar-refractivity contribution in [2.75, 3.05) is 5.75 Å². The molecule has 0 aliphatic carbocycles. The highest BCUT2D eigenvalue weighted by molar-refractivity contribution is 7.85. The average molecular weight is 312 g/mol. The van der Waals surface area contributed by atoms with E-state index in [-0.39, 0.29) is 23.9 Å². The summed E-state index contributed by atoms with van der Waals surface area (Å²) in [7, 11) is -4.02. The summed E-state index contributed by atoms with van der Waals surface area (Å²) in [5, 5.41) is 3.99. The molecule has 0 radical (unpaired) electrons. The van der Waals surface area contributed by atoms with Gasteiger partial charge in [-0.1, -0.05) is 11.6 Å². The molecular formula is C12H14N3O5S+. The van der Waals surface area contributed by atoms with Gasteiger partial charge in [0.15, 0.2) is 18.5 Å². The zero-order valence-corrected chi connectivity index (χ0v) is 12.1. The van der Waals surface area contributed by atoms with Gasteiger partial charge < -0.3 is 4.42 Å². The summed E-state index contributed by atoms with van der Waals surface area (Å²) in [6.45, 7) is 1.77. The summed E-state index contributed by atoms with van der Waals surface area (Å²) in [4.78, 5) is 15.5. The molecule has 0 aromatic carbocycles. The largest absolute Gasteiger partial charge is 0.444 e. The van der Waals surface area contributed by atoms with Crippen LogP contribution in [0.15, 0.2) is 29.1 Å². The number of aromatic nitrogens is 3. The fourth-order valence-electron chi connectivity index (χ4n) is 1.57. The Balaban J connectivity index is 2.12. The van der Waals surface area contributed by atoms with Crippen LogP contribution in [-0.2, 0) is 16.7 Å². The number of rotatable bonds is 6. The zero-order chi connectivity index (χ0) is 15.5. The van der Waals surface area contributed by atoms with Gasteiger partial charge in [0, 0.05) is 12.5 Å². The third-order valence-corrected chi connectivity index (χ3v) is 3.41. The van der Waals surface area contributed by atoms with Gasteiger partial charge in [-0.25, -0.2) is 4.98 Å².